The molecule has 0 saturated carbocycles. The maximum absolute atomic E-state index is 2.42. The van der Waals surface area contributed by atoms with Crippen molar-refractivity contribution < 1.29 is 0 Å². The minimum Gasteiger partial charge on any atom is -0.0527 e. The Morgan fingerprint density at radius 2 is 1.04 bits per heavy atom. The van der Waals surface area contributed by atoms with Crippen LogP contribution >= 0.6 is 60.3 Å². The predicted octanol–water partition coefficient (Wildman–Crippen LogP) is 8.61. The largest absolute Gasteiger partial charge is 0.0527 e. The lowest BCUT2D eigenvalue weighted by Gasteiger charge is -2.16. The number of hydrogen-bond acceptors (Lipinski definition) is 2. The number of aryl methyl sites for hydroxylation is 2. The molecule has 4 rings (SSSR count). The van der Waals surface area contributed by atoms with Crippen LogP contribution in [0.3, 0.4) is 0 Å². The first-order valence-electron chi connectivity index (χ1n) is 9.04. The third-order valence-corrected chi connectivity index (χ3v) is 10.1. The smallest absolute Gasteiger partial charge is 0.0213 e. The van der Waals surface area contributed by atoms with E-state index in [4.69, 9.17) is 0 Å². The molecule has 0 amide bonds. The van der Waals surface area contributed by atoms with Gasteiger partial charge in [0.2, 0.25) is 0 Å². The first kappa shape index (κ1) is 19.6. The third kappa shape index (κ3) is 3.01. The highest BCUT2D eigenvalue weighted by molar-refractivity contribution is 14.2. The van der Waals surface area contributed by atoms with Gasteiger partial charge in [0.25, 0.3) is 0 Å². The van der Waals surface area contributed by atoms with Gasteiger partial charge in [-0.2, -0.15) is 0 Å². The molecule has 0 saturated heterocycles. The molecule has 2 aromatic carbocycles. The van der Waals surface area contributed by atoms with E-state index < -0.39 is 0 Å². The van der Waals surface area contributed by atoms with Gasteiger partial charge in [-0.3, -0.25) is 0 Å². The molecule has 0 N–H and O–H groups in total. The van der Waals surface area contributed by atoms with Crippen molar-refractivity contribution in [1.82, 2.24) is 0 Å². The molecule has 0 bridgehead atoms. The van der Waals surface area contributed by atoms with E-state index in [9.17, 15) is 0 Å². The van der Waals surface area contributed by atoms with Crippen LogP contribution in [0.1, 0.15) is 57.3 Å². The summed E-state index contributed by atoms with van der Waals surface area (Å²) in [5, 5.41) is 0. The van der Waals surface area contributed by atoms with E-state index in [1.165, 1.54) is 57.7 Å². The van der Waals surface area contributed by atoms with Crippen LogP contribution in [0, 0.1) is 27.7 Å². The molecule has 0 heterocycles. The van der Waals surface area contributed by atoms with Crippen molar-refractivity contribution in [3.05, 3.63) is 56.6 Å². The summed E-state index contributed by atoms with van der Waals surface area (Å²) < 4.78 is 0. The Hall–Kier alpha value is 0.340. The van der Waals surface area contributed by atoms with Gasteiger partial charge in [-0.25, -0.2) is 0 Å². The quantitative estimate of drug-likeness (QED) is 0.315. The van der Waals surface area contributed by atoms with Crippen LogP contribution in [0.2, 0.25) is 0 Å². The van der Waals surface area contributed by atoms with Gasteiger partial charge in [0.05, 0.1) is 0 Å². The van der Waals surface area contributed by atoms with Gasteiger partial charge >= 0.3 is 0 Å². The van der Waals surface area contributed by atoms with Crippen molar-refractivity contribution >= 4 is 71.4 Å². The second-order valence-electron chi connectivity index (χ2n) is 7.45. The average Bonchev–Trinajstić information content (AvgIpc) is 3.25. The Morgan fingerprint density at radius 3 is 1.38 bits per heavy atom. The lowest BCUT2D eigenvalue weighted by Crippen LogP contribution is -1.96. The molecule has 136 valence electrons. The van der Waals surface area contributed by atoms with E-state index in [0.717, 1.165) is 0 Å². The molecule has 2 aromatic rings. The molecular formula is C22H22I2S2. The normalized spacial score (nSPS) is 18.4. The molecule has 0 aliphatic heterocycles. The summed E-state index contributed by atoms with van der Waals surface area (Å²) in [5.41, 5.74) is 15.6. The number of rotatable bonds is 2. The lowest BCUT2D eigenvalue weighted by molar-refractivity contribution is 1.03. The van der Waals surface area contributed by atoms with Crippen molar-refractivity contribution in [3.8, 4) is 0 Å². The molecule has 0 radical (unpaired) electrons. The van der Waals surface area contributed by atoms with Crippen LogP contribution in [-0.4, -0.2) is 0 Å². The SMILES string of the molecule is Cc1cc(SI)c(C)c2c1/C(=C1\CCc3c(C)c(SI)cc(C)c31)CC2. The lowest BCUT2D eigenvalue weighted by atomic mass is 9.90. The number of hydrogen-bond donors (Lipinski definition) is 0. The number of fused-ring (bicyclic) bond motifs is 2. The second kappa shape index (κ2) is 7.64. The van der Waals surface area contributed by atoms with E-state index in [0.29, 0.717) is 0 Å². The number of halogens is 2. The summed E-state index contributed by atoms with van der Waals surface area (Å²) in [4.78, 5) is 2.88. The molecule has 0 atom stereocenters. The van der Waals surface area contributed by atoms with Crippen molar-refractivity contribution in [3.63, 3.8) is 0 Å². The molecule has 0 aromatic heterocycles. The fourth-order valence-electron chi connectivity index (χ4n) is 4.88. The number of allylic oxidation sites excluding steroid dienone is 2. The first-order chi connectivity index (χ1) is 12.5. The van der Waals surface area contributed by atoms with Crippen LogP contribution in [0.15, 0.2) is 21.9 Å². The Labute approximate surface area is 189 Å². The number of benzene rings is 2. The summed E-state index contributed by atoms with van der Waals surface area (Å²) >= 11 is 4.84. The van der Waals surface area contributed by atoms with Gasteiger partial charge in [0.15, 0.2) is 0 Å². The van der Waals surface area contributed by atoms with E-state index in [-0.39, 0.29) is 0 Å². The first-order valence-corrected chi connectivity index (χ1v) is 15.8. The van der Waals surface area contributed by atoms with Crippen LogP contribution in [0.5, 0.6) is 0 Å². The molecule has 2 aliphatic carbocycles. The van der Waals surface area contributed by atoms with Gasteiger partial charge in [-0.05, 0) is 121 Å². The van der Waals surface area contributed by atoms with Crippen molar-refractivity contribution in [2.45, 2.75) is 63.2 Å². The van der Waals surface area contributed by atoms with Gasteiger partial charge in [-0.1, -0.05) is 17.9 Å². The van der Waals surface area contributed by atoms with Crippen molar-refractivity contribution in [2.75, 3.05) is 0 Å². The maximum atomic E-state index is 2.42. The highest BCUT2D eigenvalue weighted by atomic mass is 127. The summed E-state index contributed by atoms with van der Waals surface area (Å²) in [6.07, 6.45) is 4.84. The van der Waals surface area contributed by atoms with E-state index in [1.54, 1.807) is 33.4 Å². The van der Waals surface area contributed by atoms with Gasteiger partial charge < -0.3 is 0 Å². The highest BCUT2D eigenvalue weighted by Gasteiger charge is 2.30. The van der Waals surface area contributed by atoms with Crippen LogP contribution in [0.25, 0.3) is 11.1 Å². The summed E-state index contributed by atoms with van der Waals surface area (Å²) in [5.74, 6) is 0. The summed E-state index contributed by atoms with van der Waals surface area (Å²) in [6, 6.07) is 4.81. The van der Waals surface area contributed by atoms with Crippen molar-refractivity contribution in [2.24, 2.45) is 0 Å². The molecule has 26 heavy (non-hydrogen) atoms. The van der Waals surface area contributed by atoms with Gasteiger partial charge in [0.1, 0.15) is 0 Å². The fourth-order valence-corrected chi connectivity index (χ4v) is 8.55. The minimum atomic E-state index is 1.21. The van der Waals surface area contributed by atoms with Crippen LogP contribution in [0.4, 0.5) is 0 Å². The zero-order valence-electron chi connectivity index (χ0n) is 15.6. The standard InChI is InChI=1S/C22H22I2S2/c1-11-9-19(25-23)13(3)15-5-7-17(21(11)15)18-8-6-16-14(4)20(26-24)10-12(2)22(16)18/h9-10H,5-8H2,1-4H3/b18-17+. The molecule has 4 heteroatoms. The Bertz CT molecular complexity index is 880. The molecule has 0 fully saturated rings. The Balaban J connectivity index is 1.95. The Morgan fingerprint density at radius 1 is 0.654 bits per heavy atom. The van der Waals surface area contributed by atoms with E-state index >= 15 is 0 Å². The topological polar surface area (TPSA) is 0 Å². The molecular weight excluding hydrogens is 582 g/mol. The monoisotopic (exact) mass is 604 g/mol. The third-order valence-electron chi connectivity index (χ3n) is 6.12. The van der Waals surface area contributed by atoms with E-state index in [2.05, 4.69) is 82.2 Å². The summed E-state index contributed by atoms with van der Waals surface area (Å²) in [7, 11) is 3.71. The molecule has 0 nitrogen and oxygen atoms in total. The average molecular weight is 604 g/mol. The summed E-state index contributed by atoms with van der Waals surface area (Å²) in [6.45, 7) is 9.25. The zero-order chi connectivity index (χ0) is 18.6. The van der Waals surface area contributed by atoms with E-state index in [1.807, 2.05) is 17.9 Å². The van der Waals surface area contributed by atoms with Crippen LogP contribution in [-0.2, 0) is 12.8 Å². The second-order valence-corrected chi connectivity index (χ2v) is 11.3. The Kier molecular flexibility index (Phi) is 5.77. The van der Waals surface area contributed by atoms with Crippen molar-refractivity contribution in [1.29, 1.82) is 0 Å². The predicted molar refractivity (Wildman–Crippen MR) is 135 cm³/mol. The van der Waals surface area contributed by atoms with Gasteiger partial charge in [0, 0.05) is 52.2 Å². The minimum absolute atomic E-state index is 1.21. The zero-order valence-corrected chi connectivity index (χ0v) is 21.5. The molecule has 0 spiro atoms. The fraction of sp³-hybridized carbons (Fsp3) is 0.364. The van der Waals surface area contributed by atoms with Crippen LogP contribution < -0.4 is 0 Å². The molecule has 0 unspecified atom stereocenters. The molecule has 2 aliphatic rings. The highest BCUT2D eigenvalue weighted by Crippen LogP contribution is 2.50. The maximum Gasteiger partial charge on any atom is 0.0213 e. The van der Waals surface area contributed by atoms with Gasteiger partial charge in [-0.15, -0.1) is 0 Å².